The lowest BCUT2D eigenvalue weighted by Gasteiger charge is -2.36. The van der Waals surface area contributed by atoms with Gasteiger partial charge in [-0.3, -0.25) is 0 Å². The van der Waals surface area contributed by atoms with Gasteiger partial charge in [-0.1, -0.05) is 64.1 Å². The number of aliphatic hydroxyl groups excluding tert-OH is 1. The van der Waals surface area contributed by atoms with Crippen molar-refractivity contribution < 1.29 is 24.4 Å². The van der Waals surface area contributed by atoms with Crippen molar-refractivity contribution in [3.8, 4) is 23.0 Å². The highest BCUT2D eigenvalue weighted by atomic mass is 16.5. The molecule has 0 fully saturated rings. The molecule has 2 rings (SSSR count). The molecule has 0 aliphatic heterocycles. The van der Waals surface area contributed by atoms with Crippen LogP contribution in [0.3, 0.4) is 0 Å². The first-order valence-electron chi connectivity index (χ1n) is 10.8. The van der Waals surface area contributed by atoms with Gasteiger partial charge in [-0.15, -0.1) is 13.2 Å². The average molecular weight is 453 g/mol. The Kier molecular flexibility index (Phi) is 8.39. The van der Waals surface area contributed by atoms with E-state index in [1.807, 2.05) is 44.2 Å². The monoisotopic (exact) mass is 452 g/mol. The Morgan fingerprint density at radius 3 is 2.12 bits per heavy atom. The van der Waals surface area contributed by atoms with Crippen molar-refractivity contribution in [1.82, 2.24) is 0 Å². The van der Waals surface area contributed by atoms with Gasteiger partial charge in [0.2, 0.25) is 0 Å². The molecule has 5 heteroatoms. The maximum atomic E-state index is 11.3. The van der Waals surface area contributed by atoms with Crippen LogP contribution >= 0.6 is 0 Å². The smallest absolute Gasteiger partial charge is 0.161 e. The number of allylic oxidation sites excluding steroid dienone is 2. The summed E-state index contributed by atoms with van der Waals surface area (Å²) in [7, 11) is 3.04. The molecule has 0 radical (unpaired) electrons. The molecule has 0 heterocycles. The Morgan fingerprint density at radius 2 is 1.55 bits per heavy atom. The lowest BCUT2D eigenvalue weighted by Crippen LogP contribution is -2.38. The summed E-state index contributed by atoms with van der Waals surface area (Å²) in [5.41, 5.74) is 0.783. The lowest BCUT2D eigenvalue weighted by atomic mass is 9.81. The number of hydrogen-bond acceptors (Lipinski definition) is 5. The number of methoxy groups -OCH3 is 2. The summed E-state index contributed by atoms with van der Waals surface area (Å²) < 4.78 is 17.1. The Bertz CT molecular complexity index is 1000. The number of ether oxygens (including phenoxy) is 3. The van der Waals surface area contributed by atoms with Crippen LogP contribution in [0.15, 0.2) is 67.8 Å². The number of phenols is 1. The lowest BCUT2D eigenvalue weighted by molar-refractivity contribution is -0.0186. The van der Waals surface area contributed by atoms with Gasteiger partial charge in [-0.05, 0) is 35.4 Å². The minimum atomic E-state index is -1.02. The van der Waals surface area contributed by atoms with Crippen molar-refractivity contribution in [1.29, 1.82) is 0 Å². The summed E-state index contributed by atoms with van der Waals surface area (Å²) in [6.07, 6.45) is 6.00. The van der Waals surface area contributed by atoms with Crippen molar-refractivity contribution in [3.05, 3.63) is 78.9 Å². The van der Waals surface area contributed by atoms with Gasteiger partial charge < -0.3 is 24.4 Å². The molecule has 2 N–H and O–H groups in total. The minimum absolute atomic E-state index is 0.00107. The van der Waals surface area contributed by atoms with E-state index in [0.29, 0.717) is 17.1 Å². The van der Waals surface area contributed by atoms with Crippen LogP contribution in [0.5, 0.6) is 23.0 Å². The van der Waals surface area contributed by atoms with E-state index in [1.165, 1.54) is 13.2 Å². The van der Waals surface area contributed by atoms with Gasteiger partial charge in [0.15, 0.2) is 23.0 Å². The highest BCUT2D eigenvalue weighted by Gasteiger charge is 2.36. The summed E-state index contributed by atoms with van der Waals surface area (Å²) in [6.45, 7) is 15.8. The zero-order valence-electron chi connectivity index (χ0n) is 20.5. The Hall–Kier alpha value is -3.18. The van der Waals surface area contributed by atoms with E-state index >= 15 is 0 Å². The SMILES string of the molecule is C=CC(C)(C)/C=C/c1ccc(O[C@@H]([C@H](O)c2ccc(O)c(OC)c2)C(C)(C)C=C)c(OC)c1. The van der Waals surface area contributed by atoms with Gasteiger partial charge in [0.05, 0.1) is 14.2 Å². The predicted octanol–water partition coefficient (Wildman–Crippen LogP) is 6.33. The van der Waals surface area contributed by atoms with Gasteiger partial charge in [0.1, 0.15) is 12.2 Å². The van der Waals surface area contributed by atoms with Crippen molar-refractivity contribution in [2.75, 3.05) is 14.2 Å². The number of aromatic hydroxyl groups is 1. The fourth-order valence-corrected chi connectivity index (χ4v) is 3.19. The minimum Gasteiger partial charge on any atom is -0.504 e. The van der Waals surface area contributed by atoms with Crippen molar-refractivity contribution in [2.24, 2.45) is 10.8 Å². The molecule has 0 amide bonds. The van der Waals surface area contributed by atoms with E-state index in [0.717, 1.165) is 5.56 Å². The summed E-state index contributed by atoms with van der Waals surface area (Å²) in [5, 5.41) is 21.2. The first-order chi connectivity index (χ1) is 15.5. The van der Waals surface area contributed by atoms with E-state index < -0.39 is 17.6 Å². The normalized spacial score (nSPS) is 13.9. The molecule has 0 unspecified atom stereocenters. The molecule has 0 aliphatic rings. The Labute approximate surface area is 197 Å². The van der Waals surface area contributed by atoms with Crippen LogP contribution in [-0.4, -0.2) is 30.5 Å². The van der Waals surface area contributed by atoms with Crippen LogP contribution in [-0.2, 0) is 0 Å². The zero-order valence-corrected chi connectivity index (χ0v) is 20.5. The van der Waals surface area contributed by atoms with E-state index in [1.54, 1.807) is 25.3 Å². The maximum Gasteiger partial charge on any atom is 0.161 e. The molecule has 2 atom stereocenters. The van der Waals surface area contributed by atoms with E-state index in [4.69, 9.17) is 14.2 Å². The quantitative estimate of drug-likeness (QED) is 0.390. The van der Waals surface area contributed by atoms with Gasteiger partial charge in [0.25, 0.3) is 0 Å². The second-order valence-electron chi connectivity index (χ2n) is 9.21. The summed E-state index contributed by atoms with van der Waals surface area (Å²) in [4.78, 5) is 0. The number of hydrogen-bond donors (Lipinski definition) is 2. The van der Waals surface area contributed by atoms with E-state index in [2.05, 4.69) is 33.1 Å². The highest BCUT2D eigenvalue weighted by Crippen LogP contribution is 2.40. The van der Waals surface area contributed by atoms with Gasteiger partial charge in [-0.2, -0.15) is 0 Å². The third-order valence-corrected chi connectivity index (χ3v) is 5.76. The van der Waals surface area contributed by atoms with Crippen LogP contribution < -0.4 is 14.2 Å². The topological polar surface area (TPSA) is 68.2 Å². The van der Waals surface area contributed by atoms with Crippen LogP contribution in [0.1, 0.15) is 44.9 Å². The highest BCUT2D eigenvalue weighted by molar-refractivity contribution is 5.57. The van der Waals surface area contributed by atoms with Crippen molar-refractivity contribution in [2.45, 2.75) is 39.9 Å². The Morgan fingerprint density at radius 1 is 0.879 bits per heavy atom. The van der Waals surface area contributed by atoms with Crippen LogP contribution in [0, 0.1) is 10.8 Å². The molecular formula is C28H36O5. The van der Waals surface area contributed by atoms with E-state index in [-0.39, 0.29) is 16.9 Å². The van der Waals surface area contributed by atoms with E-state index in [9.17, 15) is 10.2 Å². The third kappa shape index (κ3) is 6.42. The second-order valence-corrected chi connectivity index (χ2v) is 9.21. The molecule has 0 bridgehead atoms. The molecule has 0 aliphatic carbocycles. The van der Waals surface area contributed by atoms with Gasteiger partial charge in [-0.25, -0.2) is 0 Å². The summed E-state index contributed by atoms with van der Waals surface area (Å²) >= 11 is 0. The second kappa shape index (κ2) is 10.6. The molecule has 0 saturated carbocycles. The van der Waals surface area contributed by atoms with Gasteiger partial charge >= 0.3 is 0 Å². The summed E-state index contributed by atoms with van der Waals surface area (Å²) in [6, 6.07) is 10.4. The molecule has 2 aromatic carbocycles. The summed E-state index contributed by atoms with van der Waals surface area (Å²) in [5.74, 6) is 1.33. The largest absolute Gasteiger partial charge is 0.504 e. The number of benzene rings is 2. The molecule has 0 aromatic heterocycles. The molecular weight excluding hydrogens is 416 g/mol. The standard InChI is InChI=1S/C28H36O5/c1-9-27(3,4)16-15-19-11-14-22(24(17-19)32-8)33-26(28(5,6)10-2)25(30)20-12-13-21(29)23(18-20)31-7/h9-18,25-26,29-30H,1-2H2,3-8H3/b16-15+/t25-,26+/m1/s1. The average Bonchev–Trinajstić information content (AvgIpc) is 2.81. The van der Waals surface area contributed by atoms with Crippen molar-refractivity contribution in [3.63, 3.8) is 0 Å². The Balaban J connectivity index is 2.43. The molecule has 178 valence electrons. The first kappa shape index (κ1) is 26.1. The third-order valence-electron chi connectivity index (χ3n) is 5.76. The van der Waals surface area contributed by atoms with Crippen LogP contribution in [0.2, 0.25) is 0 Å². The zero-order chi connectivity index (χ0) is 24.8. The van der Waals surface area contributed by atoms with Crippen LogP contribution in [0.4, 0.5) is 0 Å². The number of rotatable bonds is 11. The number of aliphatic hydroxyl groups is 1. The molecule has 2 aromatic rings. The fourth-order valence-electron chi connectivity index (χ4n) is 3.19. The van der Waals surface area contributed by atoms with Crippen LogP contribution in [0.25, 0.3) is 6.08 Å². The maximum absolute atomic E-state index is 11.3. The molecule has 33 heavy (non-hydrogen) atoms. The molecule has 0 saturated heterocycles. The first-order valence-corrected chi connectivity index (χ1v) is 10.8. The van der Waals surface area contributed by atoms with Gasteiger partial charge in [0, 0.05) is 10.8 Å². The predicted molar refractivity (Wildman–Crippen MR) is 134 cm³/mol. The van der Waals surface area contributed by atoms with Crippen molar-refractivity contribution >= 4 is 6.08 Å². The number of phenolic OH excluding ortho intramolecular Hbond substituents is 1. The molecule has 5 nitrogen and oxygen atoms in total. The molecule has 0 spiro atoms. The fraction of sp³-hybridized carbons (Fsp3) is 0.357.